The molecule has 1 aliphatic rings. The van der Waals surface area contributed by atoms with Crippen LogP contribution >= 0.6 is 0 Å². The van der Waals surface area contributed by atoms with E-state index in [2.05, 4.69) is 20.8 Å². The first kappa shape index (κ1) is 10.0. The molecule has 2 heterocycles. The highest BCUT2D eigenvalue weighted by Gasteiger charge is 2.38. The molecule has 1 aliphatic heterocycles. The summed E-state index contributed by atoms with van der Waals surface area (Å²) in [6.07, 6.45) is 1.64. The Morgan fingerprint density at radius 3 is 2.71 bits per heavy atom. The van der Waals surface area contributed by atoms with E-state index in [1.165, 1.54) is 0 Å². The number of nitrogens with zero attached hydrogens (tertiary/aromatic N) is 2. The van der Waals surface area contributed by atoms with Crippen molar-refractivity contribution in [3.8, 4) is 0 Å². The first-order valence-electron chi connectivity index (χ1n) is 5.21. The molecule has 0 radical (unpaired) electrons. The van der Waals surface area contributed by atoms with Crippen LogP contribution in [0.2, 0.25) is 0 Å². The number of nitrogens with two attached hydrogens (primary N) is 2. The van der Waals surface area contributed by atoms with Crippen molar-refractivity contribution in [2.75, 3.05) is 11.2 Å². The molecule has 1 aromatic heterocycles. The summed E-state index contributed by atoms with van der Waals surface area (Å²) in [6.45, 7) is 0. The lowest BCUT2D eigenvalue weighted by molar-refractivity contribution is 0.482. The molecule has 1 atom stereocenters. The molecule has 3 rings (SSSR count). The normalized spacial score (nSPS) is 21.9. The molecule has 0 amide bonds. The Kier molecular flexibility index (Phi) is 2.01. The average molecular weight is 228 g/mol. The zero-order chi connectivity index (χ0) is 11.9. The summed E-state index contributed by atoms with van der Waals surface area (Å²) in [5, 5.41) is 0. The second-order valence-electron chi connectivity index (χ2n) is 3.91. The highest BCUT2D eigenvalue weighted by molar-refractivity contribution is 5.57. The van der Waals surface area contributed by atoms with E-state index in [4.69, 9.17) is 11.5 Å². The van der Waals surface area contributed by atoms with Crippen LogP contribution in [0.4, 0.5) is 11.8 Å². The van der Waals surface area contributed by atoms with Crippen molar-refractivity contribution < 1.29 is 0 Å². The number of benzene rings is 1. The van der Waals surface area contributed by atoms with Gasteiger partial charge in [0.25, 0.3) is 0 Å². The van der Waals surface area contributed by atoms with Gasteiger partial charge in [0.05, 0.1) is 5.56 Å². The van der Waals surface area contributed by atoms with E-state index in [0.29, 0.717) is 5.82 Å². The van der Waals surface area contributed by atoms with Gasteiger partial charge in [-0.05, 0) is 5.56 Å². The van der Waals surface area contributed by atoms with Crippen molar-refractivity contribution in [2.45, 2.75) is 5.66 Å². The maximum Gasteiger partial charge on any atom is 0.221 e. The average Bonchev–Trinajstić information content (AvgIpc) is 2.69. The molecule has 0 saturated heterocycles. The van der Waals surface area contributed by atoms with Crippen molar-refractivity contribution in [3.05, 3.63) is 47.7 Å². The maximum absolute atomic E-state index is 6.35. The second-order valence-corrected chi connectivity index (χ2v) is 3.91. The first-order valence-corrected chi connectivity index (χ1v) is 5.21. The first-order chi connectivity index (χ1) is 8.20. The van der Waals surface area contributed by atoms with Crippen LogP contribution in [0.3, 0.4) is 0 Å². The Hall–Kier alpha value is -2.18. The minimum atomic E-state index is -0.829. The molecule has 2 aromatic rings. The van der Waals surface area contributed by atoms with E-state index in [0.717, 1.165) is 11.1 Å². The fourth-order valence-electron chi connectivity index (χ4n) is 1.93. The molecule has 6 heteroatoms. The van der Waals surface area contributed by atoms with Crippen molar-refractivity contribution in [2.24, 2.45) is 5.73 Å². The van der Waals surface area contributed by atoms with Crippen molar-refractivity contribution in [1.82, 2.24) is 15.4 Å². The van der Waals surface area contributed by atoms with Crippen LogP contribution < -0.4 is 22.3 Å². The van der Waals surface area contributed by atoms with Gasteiger partial charge in [0.2, 0.25) is 5.95 Å². The van der Waals surface area contributed by atoms with E-state index < -0.39 is 5.66 Å². The molecule has 0 saturated carbocycles. The Balaban J connectivity index is 2.14. The number of rotatable bonds is 1. The molecule has 86 valence electrons. The number of fused-ring (bicyclic) bond motifs is 1. The second kappa shape index (κ2) is 3.41. The maximum atomic E-state index is 6.35. The smallest absolute Gasteiger partial charge is 0.221 e. The van der Waals surface area contributed by atoms with E-state index in [9.17, 15) is 0 Å². The summed E-state index contributed by atoms with van der Waals surface area (Å²) in [4.78, 5) is 8.07. The Labute approximate surface area is 98.0 Å². The third kappa shape index (κ3) is 1.42. The summed E-state index contributed by atoms with van der Waals surface area (Å²) in [6, 6.07) is 9.69. The minimum absolute atomic E-state index is 0.218. The Bertz CT molecular complexity index is 555. The highest BCUT2D eigenvalue weighted by Crippen LogP contribution is 2.32. The minimum Gasteiger partial charge on any atom is -0.368 e. The Morgan fingerprint density at radius 2 is 1.94 bits per heavy atom. The summed E-state index contributed by atoms with van der Waals surface area (Å²) < 4.78 is 0. The highest BCUT2D eigenvalue weighted by atomic mass is 15.5. The van der Waals surface area contributed by atoms with Crippen molar-refractivity contribution in [3.63, 3.8) is 0 Å². The topological polar surface area (TPSA) is 102 Å². The molecule has 0 spiro atoms. The lowest BCUT2D eigenvalue weighted by atomic mass is 9.95. The molecule has 17 heavy (non-hydrogen) atoms. The van der Waals surface area contributed by atoms with Crippen LogP contribution in [0.5, 0.6) is 0 Å². The molecule has 0 bridgehead atoms. The van der Waals surface area contributed by atoms with E-state index in [1.807, 2.05) is 30.3 Å². The predicted octanol–water partition coefficient (Wildman–Crippen LogP) is 0.149. The fraction of sp³-hybridized carbons (Fsp3) is 0.0909. The number of hydrogen-bond donors (Lipinski definition) is 4. The summed E-state index contributed by atoms with van der Waals surface area (Å²) in [5.74, 6) is 0.833. The zero-order valence-electron chi connectivity index (χ0n) is 9.01. The van der Waals surface area contributed by atoms with Gasteiger partial charge in [-0.1, -0.05) is 30.3 Å². The molecule has 0 aliphatic carbocycles. The fourth-order valence-corrected chi connectivity index (χ4v) is 1.93. The third-order valence-electron chi connectivity index (χ3n) is 2.84. The van der Waals surface area contributed by atoms with Crippen LogP contribution in [-0.2, 0) is 5.66 Å². The zero-order valence-corrected chi connectivity index (χ0v) is 9.01. The number of aromatic nitrogens is 2. The summed E-state index contributed by atoms with van der Waals surface area (Å²) in [5.41, 5.74) is 18.7. The van der Waals surface area contributed by atoms with Gasteiger partial charge >= 0.3 is 0 Å². The van der Waals surface area contributed by atoms with Gasteiger partial charge in [0.15, 0.2) is 5.82 Å². The summed E-state index contributed by atoms with van der Waals surface area (Å²) in [7, 11) is 0. The number of nitrogen functional groups attached to an aromatic ring is 1. The molecular formula is C11H12N6. The number of anilines is 2. The van der Waals surface area contributed by atoms with E-state index >= 15 is 0 Å². The van der Waals surface area contributed by atoms with Crippen LogP contribution in [0.1, 0.15) is 11.1 Å². The van der Waals surface area contributed by atoms with Crippen molar-refractivity contribution in [1.29, 1.82) is 0 Å². The van der Waals surface area contributed by atoms with Gasteiger partial charge in [-0.2, -0.15) is 4.98 Å². The standard InChI is InChI=1S/C11H12N6/c12-10-14-6-8-9(15-10)16-17-11(8,13)7-4-2-1-3-5-7/h1-6,17H,13H2,(H3,12,14,15,16). The van der Waals surface area contributed by atoms with Gasteiger partial charge in [0.1, 0.15) is 5.66 Å². The molecule has 6 N–H and O–H groups in total. The van der Waals surface area contributed by atoms with E-state index in [-0.39, 0.29) is 5.95 Å². The molecule has 0 fully saturated rings. The quantitative estimate of drug-likeness (QED) is 0.554. The molecular weight excluding hydrogens is 216 g/mol. The van der Waals surface area contributed by atoms with Crippen LogP contribution in [0.25, 0.3) is 0 Å². The van der Waals surface area contributed by atoms with Crippen LogP contribution in [0.15, 0.2) is 36.5 Å². The van der Waals surface area contributed by atoms with Gasteiger partial charge in [-0.15, -0.1) is 0 Å². The number of hydrogen-bond acceptors (Lipinski definition) is 6. The molecule has 6 nitrogen and oxygen atoms in total. The Morgan fingerprint density at radius 1 is 1.18 bits per heavy atom. The SMILES string of the molecule is Nc1ncc2c(n1)NNC2(N)c1ccccc1. The molecule has 1 unspecified atom stereocenters. The van der Waals surface area contributed by atoms with Gasteiger partial charge in [0, 0.05) is 6.20 Å². The van der Waals surface area contributed by atoms with Crippen LogP contribution in [0, 0.1) is 0 Å². The largest absolute Gasteiger partial charge is 0.368 e. The van der Waals surface area contributed by atoms with Gasteiger partial charge in [-0.25, -0.2) is 10.4 Å². The third-order valence-corrected chi connectivity index (χ3v) is 2.84. The van der Waals surface area contributed by atoms with Crippen molar-refractivity contribution >= 4 is 11.8 Å². The lowest BCUT2D eigenvalue weighted by Crippen LogP contribution is -2.48. The van der Waals surface area contributed by atoms with E-state index in [1.54, 1.807) is 6.20 Å². The molecule has 1 aromatic carbocycles. The lowest BCUT2D eigenvalue weighted by Gasteiger charge is -2.24. The van der Waals surface area contributed by atoms with Crippen LogP contribution in [-0.4, -0.2) is 9.97 Å². The monoisotopic (exact) mass is 228 g/mol. The van der Waals surface area contributed by atoms with Gasteiger partial charge < -0.3 is 16.9 Å². The predicted molar refractivity (Wildman–Crippen MR) is 64.6 cm³/mol. The summed E-state index contributed by atoms with van der Waals surface area (Å²) >= 11 is 0. The number of nitrogens with one attached hydrogen (secondary N) is 2. The van der Waals surface area contributed by atoms with Gasteiger partial charge in [-0.3, -0.25) is 0 Å². The number of hydrazine groups is 1.